The van der Waals surface area contributed by atoms with E-state index in [9.17, 15) is 10.1 Å². The second-order valence-electron chi connectivity index (χ2n) is 7.73. The zero-order chi connectivity index (χ0) is 19.3. The van der Waals surface area contributed by atoms with Crippen molar-refractivity contribution in [3.05, 3.63) is 35.0 Å². The molecule has 2 N–H and O–H groups in total. The lowest BCUT2D eigenvalue weighted by Gasteiger charge is -2.33. The highest BCUT2D eigenvalue weighted by Gasteiger charge is 2.24. The van der Waals surface area contributed by atoms with Crippen LogP contribution in [0.5, 0.6) is 5.75 Å². The van der Waals surface area contributed by atoms with E-state index in [2.05, 4.69) is 31.4 Å². The minimum Gasteiger partial charge on any atom is -0.495 e. The van der Waals surface area contributed by atoms with Gasteiger partial charge in [-0.1, -0.05) is 32.4 Å². The van der Waals surface area contributed by atoms with Gasteiger partial charge in [0, 0.05) is 16.8 Å². The molecule has 5 nitrogen and oxygen atoms in total. The molecule has 0 aliphatic rings. The third kappa shape index (κ3) is 7.06. The number of rotatable bonds is 6. The number of halogens is 1. The first-order chi connectivity index (χ1) is 11.5. The van der Waals surface area contributed by atoms with Crippen LogP contribution in [0.4, 0.5) is 5.69 Å². The molecule has 136 valence electrons. The Balaban J connectivity index is 2.92. The van der Waals surface area contributed by atoms with Gasteiger partial charge in [0.15, 0.2) is 0 Å². The second-order valence-corrected chi connectivity index (χ2v) is 8.17. The lowest BCUT2D eigenvalue weighted by Crippen LogP contribution is -2.39. The number of carbonyl (C=O) groups excluding carboxylic acids is 1. The maximum atomic E-state index is 12.4. The Hall–Kier alpha value is -2.19. The van der Waals surface area contributed by atoms with Crippen LogP contribution in [0.3, 0.4) is 0 Å². The Kier molecular flexibility index (Phi) is 6.89. The Morgan fingerprint density at radius 1 is 1.32 bits per heavy atom. The van der Waals surface area contributed by atoms with Gasteiger partial charge in [-0.05, 0) is 43.9 Å². The highest BCUT2D eigenvalue weighted by Crippen LogP contribution is 2.28. The van der Waals surface area contributed by atoms with E-state index in [1.807, 2.05) is 19.9 Å². The maximum Gasteiger partial charge on any atom is 0.267 e. The van der Waals surface area contributed by atoms with Gasteiger partial charge in [-0.15, -0.1) is 0 Å². The Morgan fingerprint density at radius 2 is 1.96 bits per heavy atom. The van der Waals surface area contributed by atoms with Crippen LogP contribution in [0.1, 0.15) is 41.0 Å². The summed E-state index contributed by atoms with van der Waals surface area (Å²) in [6.07, 6.45) is 2.33. The number of ether oxygens (including phenoxy) is 1. The highest BCUT2D eigenvalue weighted by atomic mass is 35.5. The fourth-order valence-corrected chi connectivity index (χ4v) is 2.93. The summed E-state index contributed by atoms with van der Waals surface area (Å²) in [5, 5.41) is 15.6. The molecule has 0 bridgehead atoms. The van der Waals surface area contributed by atoms with Crippen LogP contribution in [0.2, 0.25) is 5.02 Å². The van der Waals surface area contributed by atoms with Crippen LogP contribution < -0.4 is 15.4 Å². The first kappa shape index (κ1) is 20.9. The van der Waals surface area contributed by atoms with Gasteiger partial charge < -0.3 is 15.4 Å². The van der Waals surface area contributed by atoms with Crippen molar-refractivity contribution in [2.24, 2.45) is 5.41 Å². The van der Waals surface area contributed by atoms with E-state index < -0.39 is 5.91 Å². The number of anilines is 1. The van der Waals surface area contributed by atoms with E-state index in [-0.39, 0.29) is 16.5 Å². The maximum absolute atomic E-state index is 12.4. The van der Waals surface area contributed by atoms with E-state index in [4.69, 9.17) is 16.3 Å². The van der Waals surface area contributed by atoms with Crippen molar-refractivity contribution in [1.82, 2.24) is 5.32 Å². The number of benzene rings is 1. The molecule has 0 radical (unpaired) electrons. The van der Waals surface area contributed by atoms with E-state index in [0.29, 0.717) is 16.5 Å². The molecule has 0 aromatic heterocycles. The monoisotopic (exact) mass is 363 g/mol. The summed E-state index contributed by atoms with van der Waals surface area (Å²) in [5.74, 6) is -0.0572. The molecule has 6 heteroatoms. The molecular weight excluding hydrogens is 338 g/mol. The second kappa shape index (κ2) is 8.26. The molecule has 1 aromatic rings. The van der Waals surface area contributed by atoms with Gasteiger partial charge >= 0.3 is 0 Å². The molecular formula is C19H26ClN3O2. The lowest BCUT2D eigenvalue weighted by atomic mass is 9.82. The van der Waals surface area contributed by atoms with Crippen LogP contribution in [-0.4, -0.2) is 18.6 Å². The summed E-state index contributed by atoms with van der Waals surface area (Å²) in [6.45, 7) is 10.5. The predicted molar refractivity (Wildman–Crippen MR) is 102 cm³/mol. The Bertz CT molecular complexity index is 698. The van der Waals surface area contributed by atoms with Gasteiger partial charge in [0.1, 0.15) is 17.4 Å². The van der Waals surface area contributed by atoms with Gasteiger partial charge in [-0.25, -0.2) is 0 Å². The van der Waals surface area contributed by atoms with Crippen LogP contribution in [0.25, 0.3) is 0 Å². The lowest BCUT2D eigenvalue weighted by molar-refractivity contribution is -0.112. The van der Waals surface area contributed by atoms with E-state index >= 15 is 0 Å². The van der Waals surface area contributed by atoms with Crippen molar-refractivity contribution in [2.75, 3.05) is 12.4 Å². The van der Waals surface area contributed by atoms with Crippen LogP contribution in [0, 0.1) is 16.7 Å². The SMILES string of the molecule is COc1ccc(Cl)cc1NC(=O)/C(C#N)=C\NC(C)(C)CC(C)(C)C. The molecule has 0 aliphatic carbocycles. The van der Waals surface area contributed by atoms with Gasteiger partial charge in [0.25, 0.3) is 5.91 Å². The van der Waals surface area contributed by atoms with Crippen molar-refractivity contribution < 1.29 is 9.53 Å². The molecule has 0 spiro atoms. The third-order valence-electron chi connectivity index (χ3n) is 3.35. The summed E-state index contributed by atoms with van der Waals surface area (Å²) in [6, 6.07) is 6.81. The van der Waals surface area contributed by atoms with Gasteiger partial charge in [-0.3, -0.25) is 4.79 Å². The zero-order valence-corrected chi connectivity index (χ0v) is 16.4. The average molecular weight is 364 g/mol. The molecule has 1 amide bonds. The number of hydrogen-bond donors (Lipinski definition) is 2. The largest absolute Gasteiger partial charge is 0.495 e. The number of carbonyl (C=O) groups is 1. The van der Waals surface area contributed by atoms with Crippen LogP contribution in [-0.2, 0) is 4.79 Å². The number of methoxy groups -OCH3 is 1. The van der Waals surface area contributed by atoms with E-state index in [0.717, 1.165) is 6.42 Å². The summed E-state index contributed by atoms with van der Waals surface area (Å²) >= 11 is 5.95. The standard InChI is InChI=1S/C19H26ClN3O2/c1-18(2,3)12-19(4,5)22-11-13(10-21)17(24)23-15-9-14(20)7-8-16(15)25-6/h7-9,11,22H,12H2,1-6H3,(H,23,24)/b13-11-. The molecule has 1 rings (SSSR count). The molecule has 0 atom stereocenters. The molecule has 0 unspecified atom stereocenters. The quantitative estimate of drug-likeness (QED) is 0.576. The minimum atomic E-state index is -0.526. The van der Waals surface area contributed by atoms with Crippen molar-refractivity contribution in [3.63, 3.8) is 0 Å². The van der Waals surface area contributed by atoms with E-state index in [1.165, 1.54) is 13.3 Å². The predicted octanol–water partition coefficient (Wildman–Crippen LogP) is 4.50. The van der Waals surface area contributed by atoms with Gasteiger partial charge in [0.2, 0.25) is 0 Å². The first-order valence-electron chi connectivity index (χ1n) is 8.00. The Labute approximate surface area is 155 Å². The zero-order valence-electron chi connectivity index (χ0n) is 15.7. The summed E-state index contributed by atoms with van der Waals surface area (Å²) in [7, 11) is 1.50. The van der Waals surface area contributed by atoms with Gasteiger partial charge in [0.05, 0.1) is 12.8 Å². The van der Waals surface area contributed by atoms with Crippen molar-refractivity contribution in [1.29, 1.82) is 5.26 Å². The highest BCUT2D eigenvalue weighted by molar-refractivity contribution is 6.31. The van der Waals surface area contributed by atoms with Crippen LogP contribution >= 0.6 is 11.6 Å². The summed E-state index contributed by atoms with van der Waals surface area (Å²) in [4.78, 5) is 12.4. The topological polar surface area (TPSA) is 74.1 Å². The number of nitriles is 1. The van der Waals surface area contributed by atoms with E-state index in [1.54, 1.807) is 18.2 Å². The molecule has 0 heterocycles. The number of amides is 1. The first-order valence-corrected chi connectivity index (χ1v) is 8.38. The molecule has 1 aromatic carbocycles. The molecule has 0 saturated heterocycles. The summed E-state index contributed by atoms with van der Waals surface area (Å²) < 4.78 is 5.19. The van der Waals surface area contributed by atoms with Crippen molar-refractivity contribution in [3.8, 4) is 11.8 Å². The average Bonchev–Trinajstić information content (AvgIpc) is 2.45. The van der Waals surface area contributed by atoms with Gasteiger partial charge in [-0.2, -0.15) is 5.26 Å². The third-order valence-corrected chi connectivity index (χ3v) is 3.59. The Morgan fingerprint density at radius 3 is 2.48 bits per heavy atom. The fraction of sp³-hybridized carbons (Fsp3) is 0.474. The van der Waals surface area contributed by atoms with Crippen molar-refractivity contribution >= 4 is 23.2 Å². The van der Waals surface area contributed by atoms with Crippen molar-refractivity contribution in [2.45, 2.75) is 46.6 Å². The van der Waals surface area contributed by atoms with Crippen LogP contribution in [0.15, 0.2) is 30.0 Å². The fourth-order valence-electron chi connectivity index (χ4n) is 2.76. The smallest absolute Gasteiger partial charge is 0.267 e. The minimum absolute atomic E-state index is 0.0241. The molecule has 0 aliphatic heterocycles. The molecule has 0 fully saturated rings. The summed E-state index contributed by atoms with van der Waals surface area (Å²) in [5.41, 5.74) is 0.251. The normalized spacial score (nSPS) is 12.3. The number of nitrogens with zero attached hydrogens (tertiary/aromatic N) is 1. The molecule has 0 saturated carbocycles. The molecule has 25 heavy (non-hydrogen) atoms. The number of hydrogen-bond acceptors (Lipinski definition) is 4. The number of nitrogens with one attached hydrogen (secondary N) is 2.